The van der Waals surface area contributed by atoms with Gasteiger partial charge < -0.3 is 0 Å². The van der Waals surface area contributed by atoms with Crippen molar-refractivity contribution in [1.82, 2.24) is 0 Å². The third-order valence-corrected chi connectivity index (χ3v) is 0.800. The standard InChI is InChI=1S/C8H14.C2H6/c1-4-5-6-7-8(2)3;1-2/h4-8H,1-3H3;1-2H3/b5-4-,7-6-;. The summed E-state index contributed by atoms with van der Waals surface area (Å²) in [6, 6.07) is 0. The summed E-state index contributed by atoms with van der Waals surface area (Å²) in [4.78, 5) is 0. The van der Waals surface area contributed by atoms with Crippen LogP contribution in [0.4, 0.5) is 0 Å². The molecule has 0 spiro atoms. The van der Waals surface area contributed by atoms with Crippen LogP contribution in [-0.4, -0.2) is 0 Å². The van der Waals surface area contributed by atoms with Crippen LogP contribution in [-0.2, 0) is 0 Å². The minimum atomic E-state index is 0.672. The van der Waals surface area contributed by atoms with Crippen molar-refractivity contribution >= 4 is 0 Å². The molecule has 60 valence electrons. The first-order chi connectivity index (χ1) is 4.77. The van der Waals surface area contributed by atoms with Crippen LogP contribution in [0.1, 0.15) is 34.6 Å². The van der Waals surface area contributed by atoms with Gasteiger partial charge in [-0.2, -0.15) is 0 Å². The van der Waals surface area contributed by atoms with Crippen molar-refractivity contribution in [1.29, 1.82) is 0 Å². The molecule has 0 saturated carbocycles. The molecule has 0 aromatic heterocycles. The second-order valence-corrected chi connectivity index (χ2v) is 2.15. The second-order valence-electron chi connectivity index (χ2n) is 2.15. The molecule has 0 nitrogen and oxygen atoms in total. The van der Waals surface area contributed by atoms with Gasteiger partial charge in [0, 0.05) is 0 Å². The third kappa shape index (κ3) is 15.6. The lowest BCUT2D eigenvalue weighted by atomic mass is 10.2. The molecule has 0 heterocycles. The molecule has 0 radical (unpaired) electrons. The minimum absolute atomic E-state index is 0.672. The molecule has 0 heteroatoms. The van der Waals surface area contributed by atoms with Crippen molar-refractivity contribution in [2.24, 2.45) is 5.92 Å². The molecule has 0 saturated heterocycles. The molecule has 0 aromatic carbocycles. The monoisotopic (exact) mass is 140 g/mol. The lowest BCUT2D eigenvalue weighted by molar-refractivity contribution is 0.832. The van der Waals surface area contributed by atoms with Crippen LogP contribution in [0, 0.1) is 5.92 Å². The van der Waals surface area contributed by atoms with Crippen molar-refractivity contribution in [3.63, 3.8) is 0 Å². The van der Waals surface area contributed by atoms with E-state index in [1.807, 2.05) is 32.9 Å². The van der Waals surface area contributed by atoms with Gasteiger partial charge in [-0.1, -0.05) is 52.0 Å². The van der Waals surface area contributed by atoms with E-state index < -0.39 is 0 Å². The molecule has 0 fully saturated rings. The predicted molar refractivity (Wildman–Crippen MR) is 50.1 cm³/mol. The summed E-state index contributed by atoms with van der Waals surface area (Å²) >= 11 is 0. The highest BCUT2D eigenvalue weighted by Crippen LogP contribution is 1.92. The maximum atomic E-state index is 2.17. The maximum absolute atomic E-state index is 2.17. The number of hydrogen-bond acceptors (Lipinski definition) is 0. The Morgan fingerprint density at radius 1 is 1.00 bits per heavy atom. The van der Waals surface area contributed by atoms with Gasteiger partial charge in [-0.25, -0.2) is 0 Å². The first-order valence-electron chi connectivity index (χ1n) is 4.07. The predicted octanol–water partition coefficient (Wildman–Crippen LogP) is 3.80. The fourth-order valence-corrected chi connectivity index (χ4v) is 0.397. The first kappa shape index (κ1) is 12.2. The van der Waals surface area contributed by atoms with E-state index in [9.17, 15) is 0 Å². The highest BCUT2D eigenvalue weighted by atomic mass is 13.8. The molecule has 0 rings (SSSR count). The highest BCUT2D eigenvalue weighted by Gasteiger charge is 1.77. The molecule has 0 aliphatic heterocycles. The maximum Gasteiger partial charge on any atom is -0.0287 e. The summed E-state index contributed by atoms with van der Waals surface area (Å²) in [5.74, 6) is 0.672. The Morgan fingerprint density at radius 2 is 1.50 bits per heavy atom. The van der Waals surface area contributed by atoms with E-state index in [1.54, 1.807) is 0 Å². The van der Waals surface area contributed by atoms with Gasteiger partial charge in [0.25, 0.3) is 0 Å². The molecule has 0 unspecified atom stereocenters. The number of rotatable bonds is 2. The van der Waals surface area contributed by atoms with Crippen LogP contribution in [0.2, 0.25) is 0 Å². The van der Waals surface area contributed by atoms with Gasteiger partial charge in [0.15, 0.2) is 0 Å². The Balaban J connectivity index is 0. The van der Waals surface area contributed by atoms with Gasteiger partial charge in [0.2, 0.25) is 0 Å². The average molecular weight is 140 g/mol. The van der Waals surface area contributed by atoms with Gasteiger partial charge in [-0.3, -0.25) is 0 Å². The smallest absolute Gasteiger partial charge is 0.0287 e. The third-order valence-electron chi connectivity index (χ3n) is 0.800. The van der Waals surface area contributed by atoms with Crippen LogP contribution >= 0.6 is 0 Å². The van der Waals surface area contributed by atoms with Crippen LogP contribution < -0.4 is 0 Å². The molecular formula is C10H20. The van der Waals surface area contributed by atoms with Crippen LogP contribution in [0.25, 0.3) is 0 Å². The zero-order valence-corrected chi connectivity index (χ0v) is 7.89. The molecule has 0 aliphatic carbocycles. The Hall–Kier alpha value is -0.520. The molecule has 0 bridgehead atoms. The summed E-state index contributed by atoms with van der Waals surface area (Å²) in [5, 5.41) is 0. The van der Waals surface area contributed by atoms with Crippen molar-refractivity contribution in [2.75, 3.05) is 0 Å². The van der Waals surface area contributed by atoms with E-state index in [2.05, 4.69) is 26.0 Å². The van der Waals surface area contributed by atoms with Crippen molar-refractivity contribution in [3.8, 4) is 0 Å². The normalized spacial score (nSPS) is 10.6. The molecule has 0 N–H and O–H groups in total. The topological polar surface area (TPSA) is 0 Å². The van der Waals surface area contributed by atoms with E-state index in [4.69, 9.17) is 0 Å². The Labute approximate surface area is 65.7 Å². The summed E-state index contributed by atoms with van der Waals surface area (Å²) in [5.41, 5.74) is 0. The lowest BCUT2D eigenvalue weighted by Gasteiger charge is -1.88. The van der Waals surface area contributed by atoms with Gasteiger partial charge in [-0.15, -0.1) is 0 Å². The first-order valence-corrected chi connectivity index (χ1v) is 4.07. The SMILES string of the molecule is C/C=C\C=C/C(C)C.CC. The van der Waals surface area contributed by atoms with Gasteiger partial charge in [0.1, 0.15) is 0 Å². The molecule has 10 heavy (non-hydrogen) atoms. The van der Waals surface area contributed by atoms with Gasteiger partial charge in [-0.05, 0) is 12.8 Å². The number of hydrogen-bond donors (Lipinski definition) is 0. The van der Waals surface area contributed by atoms with E-state index in [0.717, 1.165) is 0 Å². The summed E-state index contributed by atoms with van der Waals surface area (Å²) < 4.78 is 0. The molecule has 0 aliphatic rings. The van der Waals surface area contributed by atoms with E-state index in [1.165, 1.54) is 0 Å². The minimum Gasteiger partial charge on any atom is -0.0877 e. The largest absolute Gasteiger partial charge is 0.0877 e. The lowest BCUT2D eigenvalue weighted by Crippen LogP contribution is -1.74. The van der Waals surface area contributed by atoms with E-state index in [0.29, 0.717) is 5.92 Å². The molecular weight excluding hydrogens is 120 g/mol. The molecule has 0 atom stereocenters. The summed E-state index contributed by atoms with van der Waals surface area (Å²) in [6.45, 7) is 10.4. The Bertz CT molecular complexity index is 86.2. The fourth-order valence-electron chi connectivity index (χ4n) is 0.397. The van der Waals surface area contributed by atoms with Gasteiger partial charge in [0.05, 0.1) is 0 Å². The van der Waals surface area contributed by atoms with Gasteiger partial charge >= 0.3 is 0 Å². The van der Waals surface area contributed by atoms with Crippen LogP contribution in [0.15, 0.2) is 24.3 Å². The zero-order valence-electron chi connectivity index (χ0n) is 7.89. The van der Waals surface area contributed by atoms with Crippen LogP contribution in [0.3, 0.4) is 0 Å². The molecule has 0 aromatic rings. The highest BCUT2D eigenvalue weighted by molar-refractivity contribution is 5.01. The Morgan fingerprint density at radius 3 is 1.80 bits per heavy atom. The van der Waals surface area contributed by atoms with Crippen LogP contribution in [0.5, 0.6) is 0 Å². The van der Waals surface area contributed by atoms with E-state index >= 15 is 0 Å². The Kier molecular flexibility index (Phi) is 13.8. The quantitative estimate of drug-likeness (QED) is 0.512. The summed E-state index contributed by atoms with van der Waals surface area (Å²) in [6.07, 6.45) is 8.31. The fraction of sp³-hybridized carbons (Fsp3) is 0.600. The van der Waals surface area contributed by atoms with Crippen molar-refractivity contribution in [3.05, 3.63) is 24.3 Å². The average Bonchev–Trinajstić information content (AvgIpc) is 1.92. The van der Waals surface area contributed by atoms with Crippen molar-refractivity contribution in [2.45, 2.75) is 34.6 Å². The van der Waals surface area contributed by atoms with E-state index in [-0.39, 0.29) is 0 Å². The summed E-state index contributed by atoms with van der Waals surface area (Å²) in [7, 11) is 0. The zero-order chi connectivity index (χ0) is 8.41. The second kappa shape index (κ2) is 11.3. The van der Waals surface area contributed by atoms with Crippen molar-refractivity contribution < 1.29 is 0 Å². The number of allylic oxidation sites excluding steroid dienone is 4. The molecule has 0 amide bonds.